The van der Waals surface area contributed by atoms with Crippen LogP contribution in [0.5, 0.6) is 0 Å². The van der Waals surface area contributed by atoms with Gasteiger partial charge in [-0.2, -0.15) is 0 Å². The lowest BCUT2D eigenvalue weighted by atomic mass is 10.1. The van der Waals surface area contributed by atoms with Crippen LogP contribution in [0.25, 0.3) is 16.6 Å². The Kier molecular flexibility index (Phi) is 4.37. The van der Waals surface area contributed by atoms with E-state index in [0.29, 0.717) is 23.8 Å². The Morgan fingerprint density at radius 3 is 2.87 bits per heavy atom. The summed E-state index contributed by atoms with van der Waals surface area (Å²) in [4.78, 5) is 9.70. The first-order valence-corrected chi connectivity index (χ1v) is 8.34. The summed E-state index contributed by atoms with van der Waals surface area (Å²) in [7, 11) is 0. The summed E-state index contributed by atoms with van der Waals surface area (Å²) < 4.78 is 0. The summed E-state index contributed by atoms with van der Waals surface area (Å²) in [6.45, 7) is 4.72. The van der Waals surface area contributed by atoms with E-state index in [0.717, 1.165) is 23.9 Å². The van der Waals surface area contributed by atoms with E-state index in [1.807, 2.05) is 29.2 Å². The van der Waals surface area contributed by atoms with Crippen LogP contribution in [0.15, 0.2) is 30.0 Å². The predicted octanol–water partition coefficient (Wildman–Crippen LogP) is 4.09. The molecule has 0 bridgehead atoms. The second-order valence-electron chi connectivity index (χ2n) is 6.25. The van der Waals surface area contributed by atoms with E-state index in [2.05, 4.69) is 23.8 Å². The van der Waals surface area contributed by atoms with Gasteiger partial charge in [0, 0.05) is 6.04 Å². The summed E-state index contributed by atoms with van der Waals surface area (Å²) in [6.07, 6.45) is 4.60. The summed E-state index contributed by atoms with van der Waals surface area (Å²) in [5.41, 5.74) is 2.30. The number of benzene rings is 1. The zero-order valence-electron chi connectivity index (χ0n) is 13.8. The molecule has 5 nitrogen and oxygen atoms in total. The first-order valence-electron chi connectivity index (χ1n) is 8.34. The van der Waals surface area contributed by atoms with Gasteiger partial charge in [0.05, 0.1) is 23.2 Å². The van der Waals surface area contributed by atoms with Crippen LogP contribution in [0.3, 0.4) is 0 Å². The smallest absolute Gasteiger partial charge is 0.145 e. The number of hydrogen-bond acceptors (Lipinski definition) is 3. The molecule has 122 valence electrons. The van der Waals surface area contributed by atoms with E-state index in [-0.39, 0.29) is 11.8 Å². The standard InChI is InChI=1S/C18H24N4O/c1-3-4-5-8-12(2)22-11-15(23)16(17(22)19)18-20-13-9-6-7-10-14(13)21-18/h6-7,9-10,12,19,23H,3-5,8,11H2,1-2H3,(H,20,21)/t12-/m0/s1. The van der Waals surface area contributed by atoms with E-state index in [9.17, 15) is 5.11 Å². The molecule has 5 heteroatoms. The van der Waals surface area contributed by atoms with E-state index in [1.165, 1.54) is 12.8 Å². The minimum atomic E-state index is 0.233. The molecule has 1 aliphatic heterocycles. The number of nitrogens with one attached hydrogen (secondary N) is 2. The number of amidine groups is 1. The van der Waals surface area contributed by atoms with Crippen molar-refractivity contribution in [2.45, 2.75) is 45.6 Å². The van der Waals surface area contributed by atoms with Crippen LogP contribution < -0.4 is 0 Å². The van der Waals surface area contributed by atoms with Crippen molar-refractivity contribution < 1.29 is 5.11 Å². The number of H-pyrrole nitrogens is 1. The molecule has 0 aliphatic carbocycles. The Morgan fingerprint density at radius 1 is 1.35 bits per heavy atom. The van der Waals surface area contributed by atoms with Crippen LogP contribution in [-0.2, 0) is 0 Å². The largest absolute Gasteiger partial charge is 0.510 e. The highest BCUT2D eigenvalue weighted by Gasteiger charge is 2.32. The van der Waals surface area contributed by atoms with Gasteiger partial charge in [0.2, 0.25) is 0 Å². The van der Waals surface area contributed by atoms with Crippen molar-refractivity contribution in [2.75, 3.05) is 6.54 Å². The van der Waals surface area contributed by atoms with Gasteiger partial charge >= 0.3 is 0 Å². The summed E-state index contributed by atoms with van der Waals surface area (Å²) in [6, 6.07) is 8.01. The zero-order chi connectivity index (χ0) is 16.4. The van der Waals surface area contributed by atoms with Crippen LogP contribution >= 0.6 is 0 Å². The van der Waals surface area contributed by atoms with Crippen LogP contribution in [0.1, 0.15) is 45.4 Å². The van der Waals surface area contributed by atoms with Gasteiger partial charge in [0.1, 0.15) is 17.4 Å². The Bertz CT molecular complexity index is 713. The van der Waals surface area contributed by atoms with Gasteiger partial charge in [-0.1, -0.05) is 38.3 Å². The van der Waals surface area contributed by atoms with Crippen LogP contribution in [0.4, 0.5) is 0 Å². The number of aliphatic hydroxyl groups excluding tert-OH is 1. The number of fused-ring (bicyclic) bond motifs is 1. The molecule has 0 spiro atoms. The molecule has 2 aromatic rings. The fraction of sp³-hybridized carbons (Fsp3) is 0.444. The number of aliphatic hydroxyl groups is 1. The molecule has 1 aromatic carbocycles. The molecule has 0 fully saturated rings. The quantitative estimate of drug-likeness (QED) is 0.703. The van der Waals surface area contributed by atoms with Crippen LogP contribution in [0, 0.1) is 5.41 Å². The third kappa shape index (κ3) is 2.96. The number of unbranched alkanes of at least 4 members (excludes halogenated alkanes) is 2. The fourth-order valence-electron chi connectivity index (χ4n) is 3.14. The van der Waals surface area contributed by atoms with Crippen molar-refractivity contribution >= 4 is 22.4 Å². The first kappa shape index (κ1) is 15.6. The SMILES string of the molecule is CCCCC[C@H](C)N1CC(O)=C(c2nc3ccccc3[nH]2)C1=N. The normalized spacial score (nSPS) is 16.6. The molecule has 3 rings (SSSR count). The van der Waals surface area contributed by atoms with Crippen molar-refractivity contribution in [2.24, 2.45) is 0 Å². The molecule has 0 saturated carbocycles. The van der Waals surface area contributed by atoms with E-state index < -0.39 is 0 Å². The molecule has 0 saturated heterocycles. The highest BCUT2D eigenvalue weighted by Crippen LogP contribution is 2.29. The lowest BCUT2D eigenvalue weighted by Gasteiger charge is -2.26. The minimum absolute atomic E-state index is 0.233. The summed E-state index contributed by atoms with van der Waals surface area (Å²) >= 11 is 0. The summed E-state index contributed by atoms with van der Waals surface area (Å²) in [5, 5.41) is 18.8. The Hall–Kier alpha value is -2.30. The van der Waals surface area contributed by atoms with Gasteiger partial charge in [-0.3, -0.25) is 5.41 Å². The molecule has 2 heterocycles. The second kappa shape index (κ2) is 6.44. The van der Waals surface area contributed by atoms with Crippen molar-refractivity contribution in [3.8, 4) is 0 Å². The molecule has 0 unspecified atom stereocenters. The number of aromatic amines is 1. The second-order valence-corrected chi connectivity index (χ2v) is 6.25. The number of aromatic nitrogens is 2. The average Bonchev–Trinajstić information content (AvgIpc) is 3.07. The third-order valence-electron chi connectivity index (χ3n) is 4.52. The van der Waals surface area contributed by atoms with Crippen LogP contribution in [0.2, 0.25) is 0 Å². The van der Waals surface area contributed by atoms with Crippen molar-refractivity contribution in [3.63, 3.8) is 0 Å². The molecule has 0 amide bonds. The Morgan fingerprint density at radius 2 is 2.13 bits per heavy atom. The van der Waals surface area contributed by atoms with Gasteiger partial charge in [-0.05, 0) is 25.5 Å². The maximum absolute atomic E-state index is 10.4. The molecule has 1 aromatic heterocycles. The number of hydrogen-bond donors (Lipinski definition) is 3. The Labute approximate surface area is 136 Å². The maximum Gasteiger partial charge on any atom is 0.145 e. The molecular weight excluding hydrogens is 288 g/mol. The predicted molar refractivity (Wildman–Crippen MR) is 93.7 cm³/mol. The van der Waals surface area contributed by atoms with Crippen molar-refractivity contribution in [1.82, 2.24) is 14.9 Å². The number of rotatable bonds is 6. The average molecular weight is 312 g/mol. The van der Waals surface area contributed by atoms with Crippen molar-refractivity contribution in [1.29, 1.82) is 5.41 Å². The highest BCUT2D eigenvalue weighted by molar-refractivity contribution is 6.23. The van der Waals surface area contributed by atoms with Gasteiger partial charge in [-0.25, -0.2) is 4.98 Å². The fourth-order valence-corrected chi connectivity index (χ4v) is 3.14. The summed E-state index contributed by atoms with van der Waals surface area (Å²) in [5.74, 6) is 1.18. The number of imidazole rings is 1. The molecule has 3 N–H and O–H groups in total. The number of para-hydroxylation sites is 2. The molecule has 1 aliphatic rings. The monoisotopic (exact) mass is 312 g/mol. The van der Waals surface area contributed by atoms with E-state index >= 15 is 0 Å². The zero-order valence-corrected chi connectivity index (χ0v) is 13.8. The number of nitrogens with zero attached hydrogens (tertiary/aromatic N) is 2. The molecule has 0 radical (unpaired) electrons. The van der Waals surface area contributed by atoms with E-state index in [4.69, 9.17) is 5.41 Å². The molecule has 1 atom stereocenters. The lowest BCUT2D eigenvalue weighted by molar-refractivity contribution is 0.292. The van der Waals surface area contributed by atoms with Crippen LogP contribution in [-0.4, -0.2) is 38.4 Å². The molecule has 23 heavy (non-hydrogen) atoms. The van der Waals surface area contributed by atoms with Gasteiger partial charge in [0.25, 0.3) is 0 Å². The lowest BCUT2D eigenvalue weighted by Crippen LogP contribution is -2.35. The van der Waals surface area contributed by atoms with Gasteiger partial charge < -0.3 is 15.0 Å². The van der Waals surface area contributed by atoms with Crippen molar-refractivity contribution in [3.05, 3.63) is 35.8 Å². The van der Waals surface area contributed by atoms with E-state index in [1.54, 1.807) is 0 Å². The minimum Gasteiger partial charge on any atom is -0.510 e. The topological polar surface area (TPSA) is 76.0 Å². The van der Waals surface area contributed by atoms with Gasteiger partial charge in [-0.15, -0.1) is 0 Å². The molecular formula is C18H24N4O. The van der Waals surface area contributed by atoms with Gasteiger partial charge in [0.15, 0.2) is 0 Å². The maximum atomic E-state index is 10.4. The Balaban J connectivity index is 1.80. The third-order valence-corrected chi connectivity index (χ3v) is 4.52. The first-order chi connectivity index (χ1) is 11.1. The highest BCUT2D eigenvalue weighted by atomic mass is 16.3.